The van der Waals surface area contributed by atoms with Crippen LogP contribution >= 0.6 is 0 Å². The van der Waals surface area contributed by atoms with Crippen molar-refractivity contribution in [3.8, 4) is 0 Å². The summed E-state index contributed by atoms with van der Waals surface area (Å²) in [6.07, 6.45) is 0.805. The van der Waals surface area contributed by atoms with E-state index in [0.29, 0.717) is 11.4 Å². The molecule has 0 aliphatic rings. The second-order valence-electron chi connectivity index (χ2n) is 4.06. The predicted molar refractivity (Wildman–Crippen MR) is 72.6 cm³/mol. The molecule has 0 bridgehead atoms. The van der Waals surface area contributed by atoms with Crippen molar-refractivity contribution in [3.05, 3.63) is 29.8 Å². The van der Waals surface area contributed by atoms with Gasteiger partial charge < -0.3 is 10.4 Å². The fourth-order valence-electron chi connectivity index (χ4n) is 1.45. The predicted octanol–water partition coefficient (Wildman–Crippen LogP) is 1.41. The Bertz CT molecular complexity index is 501. The number of hydrogen-bond acceptors (Lipinski definition) is 3. The van der Waals surface area contributed by atoms with Crippen LogP contribution in [0.3, 0.4) is 0 Å². The maximum Gasteiger partial charge on any atom is 0.335 e. The maximum absolute atomic E-state index is 12.2. The number of carboxylic acids is 1. The lowest BCUT2D eigenvalue weighted by Crippen LogP contribution is -2.35. The second kappa shape index (κ2) is 7.04. The summed E-state index contributed by atoms with van der Waals surface area (Å²) in [6, 6.07) is 5.84. The van der Waals surface area contributed by atoms with Gasteiger partial charge in [-0.1, -0.05) is 13.0 Å². The van der Waals surface area contributed by atoms with Gasteiger partial charge in [-0.2, -0.15) is 0 Å². The van der Waals surface area contributed by atoms with E-state index in [1.807, 2.05) is 6.92 Å². The Balaban J connectivity index is 2.85. The van der Waals surface area contributed by atoms with Gasteiger partial charge in [-0.3, -0.25) is 9.00 Å². The van der Waals surface area contributed by atoms with Gasteiger partial charge in [-0.25, -0.2) is 4.79 Å². The van der Waals surface area contributed by atoms with Gasteiger partial charge in [0.1, 0.15) is 5.25 Å². The molecule has 0 radical (unpaired) electrons. The number of benzene rings is 1. The van der Waals surface area contributed by atoms with Gasteiger partial charge in [-0.05, 0) is 31.5 Å². The smallest absolute Gasteiger partial charge is 0.335 e. The highest BCUT2D eigenvalue weighted by Crippen LogP contribution is 2.14. The topological polar surface area (TPSA) is 83.5 Å². The van der Waals surface area contributed by atoms with Gasteiger partial charge in [-0.15, -0.1) is 0 Å². The quantitative estimate of drug-likeness (QED) is 0.826. The first-order chi connectivity index (χ1) is 8.97. The van der Waals surface area contributed by atoms with E-state index in [1.165, 1.54) is 18.2 Å². The van der Waals surface area contributed by atoms with E-state index in [9.17, 15) is 13.8 Å². The number of aromatic carboxylic acids is 1. The van der Waals surface area contributed by atoms with Gasteiger partial charge in [0, 0.05) is 11.4 Å². The van der Waals surface area contributed by atoms with E-state index in [2.05, 4.69) is 5.32 Å². The Morgan fingerprint density at radius 2 is 2.11 bits per heavy atom. The average Bonchev–Trinajstić information content (AvgIpc) is 2.43. The van der Waals surface area contributed by atoms with Crippen molar-refractivity contribution in [1.82, 2.24) is 5.32 Å². The fraction of sp³-hybridized carbons (Fsp3) is 0.385. The Morgan fingerprint density at radius 3 is 2.68 bits per heavy atom. The van der Waals surface area contributed by atoms with E-state index in [-0.39, 0.29) is 11.5 Å². The molecule has 1 aromatic carbocycles. The maximum atomic E-state index is 12.2. The van der Waals surface area contributed by atoms with Crippen LogP contribution in [-0.4, -0.2) is 33.0 Å². The van der Waals surface area contributed by atoms with Crippen LogP contribution in [0.25, 0.3) is 0 Å². The van der Waals surface area contributed by atoms with Crippen molar-refractivity contribution < 1.29 is 18.9 Å². The minimum absolute atomic E-state index is 0.0621. The number of carbonyl (C=O) groups excluding carboxylic acids is 1. The molecule has 0 saturated carbocycles. The highest BCUT2D eigenvalue weighted by Gasteiger charge is 2.21. The van der Waals surface area contributed by atoms with Gasteiger partial charge in [0.25, 0.3) is 0 Å². The lowest BCUT2D eigenvalue weighted by molar-refractivity contribution is -0.120. The van der Waals surface area contributed by atoms with E-state index >= 15 is 0 Å². The molecule has 0 heterocycles. The summed E-state index contributed by atoms with van der Waals surface area (Å²) in [6.45, 7) is 4.03. The van der Waals surface area contributed by atoms with E-state index < -0.39 is 22.0 Å². The molecular formula is C13H17NO4S. The van der Waals surface area contributed by atoms with Gasteiger partial charge in [0.2, 0.25) is 5.91 Å². The second-order valence-corrected chi connectivity index (χ2v) is 5.84. The van der Waals surface area contributed by atoms with Crippen LogP contribution in [0.4, 0.5) is 0 Å². The summed E-state index contributed by atoms with van der Waals surface area (Å²) in [5, 5.41) is 10.8. The number of amides is 1. The molecule has 104 valence electrons. The molecule has 0 fully saturated rings. The van der Waals surface area contributed by atoms with Crippen LogP contribution in [0.2, 0.25) is 0 Å². The van der Waals surface area contributed by atoms with Crippen LogP contribution in [0.15, 0.2) is 29.2 Å². The summed E-state index contributed by atoms with van der Waals surface area (Å²) in [5.74, 6) is -1.37. The van der Waals surface area contributed by atoms with Crippen molar-refractivity contribution in [1.29, 1.82) is 0 Å². The Hall–Kier alpha value is -1.69. The first-order valence-electron chi connectivity index (χ1n) is 5.99. The molecule has 0 aliphatic carbocycles. The number of hydrogen-bond donors (Lipinski definition) is 2. The number of carboxylic acid groups (broad SMARTS) is 1. The van der Waals surface area contributed by atoms with E-state index in [4.69, 9.17) is 5.11 Å². The molecular weight excluding hydrogens is 266 g/mol. The molecule has 0 aromatic heterocycles. The first kappa shape index (κ1) is 15.4. The minimum Gasteiger partial charge on any atom is -0.478 e. The molecule has 1 rings (SSSR count). The van der Waals surface area contributed by atoms with Crippen LogP contribution < -0.4 is 5.32 Å². The average molecular weight is 283 g/mol. The SMILES string of the molecule is CCCNC(=O)C(C)S(=O)c1cccc(C(=O)O)c1. The molecule has 5 nitrogen and oxygen atoms in total. The van der Waals surface area contributed by atoms with Crippen molar-refractivity contribution >= 4 is 22.7 Å². The summed E-state index contributed by atoms with van der Waals surface area (Å²) in [5.41, 5.74) is 0.0621. The zero-order chi connectivity index (χ0) is 14.4. The zero-order valence-corrected chi connectivity index (χ0v) is 11.7. The number of nitrogens with one attached hydrogen (secondary N) is 1. The van der Waals surface area contributed by atoms with Crippen LogP contribution in [-0.2, 0) is 15.6 Å². The van der Waals surface area contributed by atoms with Crippen LogP contribution in [0.1, 0.15) is 30.6 Å². The normalized spacial score (nSPS) is 13.6. The Kier molecular flexibility index (Phi) is 5.69. The molecule has 0 saturated heterocycles. The molecule has 19 heavy (non-hydrogen) atoms. The summed E-state index contributed by atoms with van der Waals surface area (Å²) >= 11 is 0. The van der Waals surface area contributed by atoms with E-state index in [0.717, 1.165) is 6.42 Å². The van der Waals surface area contributed by atoms with Gasteiger partial charge >= 0.3 is 5.97 Å². The summed E-state index contributed by atoms with van der Waals surface area (Å²) in [7, 11) is -1.56. The van der Waals surface area contributed by atoms with Gasteiger partial charge in [0.05, 0.1) is 16.4 Å². The summed E-state index contributed by atoms with van der Waals surface area (Å²) < 4.78 is 12.2. The van der Waals surface area contributed by atoms with Crippen LogP contribution in [0.5, 0.6) is 0 Å². The van der Waals surface area contributed by atoms with Crippen LogP contribution in [0, 0.1) is 0 Å². The lowest BCUT2D eigenvalue weighted by atomic mass is 10.2. The van der Waals surface area contributed by atoms with Crippen molar-refractivity contribution in [2.75, 3.05) is 6.54 Å². The molecule has 2 atom stereocenters. The number of rotatable bonds is 6. The molecule has 2 unspecified atom stereocenters. The molecule has 0 spiro atoms. The third-order valence-electron chi connectivity index (χ3n) is 2.55. The fourth-order valence-corrected chi connectivity index (χ4v) is 2.59. The van der Waals surface area contributed by atoms with Crippen molar-refractivity contribution in [3.63, 3.8) is 0 Å². The Labute approximate surface area is 114 Å². The number of carbonyl (C=O) groups is 2. The largest absolute Gasteiger partial charge is 0.478 e. The third-order valence-corrected chi connectivity index (χ3v) is 4.13. The summed E-state index contributed by atoms with van der Waals surface area (Å²) in [4.78, 5) is 22.9. The standard InChI is InChI=1S/C13H17NO4S/c1-3-7-14-12(15)9(2)19(18)11-6-4-5-10(8-11)13(16)17/h4-6,8-9H,3,7H2,1-2H3,(H,14,15)(H,16,17). The Morgan fingerprint density at radius 1 is 1.42 bits per heavy atom. The van der Waals surface area contributed by atoms with E-state index in [1.54, 1.807) is 13.0 Å². The minimum atomic E-state index is -1.56. The van der Waals surface area contributed by atoms with Crippen molar-refractivity contribution in [2.45, 2.75) is 30.4 Å². The third kappa shape index (κ3) is 4.17. The highest BCUT2D eigenvalue weighted by atomic mass is 32.2. The first-order valence-corrected chi connectivity index (χ1v) is 7.20. The molecule has 1 amide bonds. The zero-order valence-electron chi connectivity index (χ0n) is 10.9. The molecule has 0 aliphatic heterocycles. The monoisotopic (exact) mass is 283 g/mol. The molecule has 1 aromatic rings. The highest BCUT2D eigenvalue weighted by molar-refractivity contribution is 7.86. The van der Waals surface area contributed by atoms with Crippen molar-refractivity contribution in [2.24, 2.45) is 0 Å². The molecule has 2 N–H and O–H groups in total. The lowest BCUT2D eigenvalue weighted by Gasteiger charge is -2.12. The van der Waals surface area contributed by atoms with Gasteiger partial charge in [0.15, 0.2) is 0 Å². The molecule has 6 heteroatoms.